The topological polar surface area (TPSA) is 50.4 Å². The van der Waals surface area contributed by atoms with Gasteiger partial charge >= 0.3 is 0 Å². The number of benzene rings is 1. The van der Waals surface area contributed by atoms with Gasteiger partial charge in [-0.3, -0.25) is 4.79 Å². The summed E-state index contributed by atoms with van der Waals surface area (Å²) in [5.74, 6) is -0.0231. The Morgan fingerprint density at radius 3 is 2.83 bits per heavy atom. The minimum atomic E-state index is -0.0231. The average molecular weight is 248 g/mol. The quantitative estimate of drug-likeness (QED) is 0.834. The third-order valence-electron chi connectivity index (χ3n) is 3.13. The van der Waals surface area contributed by atoms with Crippen LogP contribution in [0.3, 0.4) is 0 Å². The van der Waals surface area contributed by atoms with Crippen molar-refractivity contribution in [3.63, 3.8) is 0 Å². The van der Waals surface area contributed by atoms with E-state index in [-0.39, 0.29) is 11.9 Å². The fourth-order valence-corrected chi connectivity index (χ4v) is 1.96. The zero-order valence-corrected chi connectivity index (χ0v) is 10.7. The lowest BCUT2D eigenvalue weighted by Crippen LogP contribution is -2.48. The molecule has 0 radical (unpaired) electrons. The lowest BCUT2D eigenvalue weighted by atomic mass is 10.1. The fraction of sp³-hybridized carbons (Fsp3) is 0.500. The zero-order valence-electron chi connectivity index (χ0n) is 10.7. The van der Waals surface area contributed by atoms with Gasteiger partial charge in [0, 0.05) is 24.7 Å². The van der Waals surface area contributed by atoms with Crippen LogP contribution in [0.5, 0.6) is 0 Å². The molecule has 1 atom stereocenters. The fourth-order valence-electron chi connectivity index (χ4n) is 1.96. The average Bonchev–Trinajstić information content (AvgIpc) is 2.46. The third kappa shape index (κ3) is 3.55. The van der Waals surface area contributed by atoms with Crippen LogP contribution in [0.15, 0.2) is 24.3 Å². The summed E-state index contributed by atoms with van der Waals surface area (Å²) in [5, 5.41) is 6.23. The summed E-state index contributed by atoms with van der Waals surface area (Å²) in [5.41, 5.74) is 1.96. The molecule has 0 spiro atoms. The standard InChI is InChI=1S/C14H20N2O2/c1-2-11-3-5-12(6-4-11)14(17)16-9-13-10-18-8-7-15-13/h3-6,13,15H,2,7-10H2,1H3,(H,16,17). The van der Waals surface area contributed by atoms with Crippen molar-refractivity contribution in [1.29, 1.82) is 0 Å². The molecule has 2 rings (SSSR count). The molecule has 1 fully saturated rings. The lowest BCUT2D eigenvalue weighted by molar-refractivity contribution is 0.0734. The molecule has 1 unspecified atom stereocenters. The second-order valence-corrected chi connectivity index (χ2v) is 4.49. The van der Waals surface area contributed by atoms with Gasteiger partial charge in [-0.25, -0.2) is 0 Å². The first-order valence-electron chi connectivity index (χ1n) is 6.48. The Kier molecular flexibility index (Phi) is 4.73. The highest BCUT2D eigenvalue weighted by molar-refractivity contribution is 5.94. The van der Waals surface area contributed by atoms with Gasteiger partial charge in [0.1, 0.15) is 0 Å². The Hall–Kier alpha value is -1.39. The van der Waals surface area contributed by atoms with Crippen LogP contribution >= 0.6 is 0 Å². The maximum absolute atomic E-state index is 11.9. The Balaban J connectivity index is 1.82. The van der Waals surface area contributed by atoms with Crippen molar-refractivity contribution in [2.75, 3.05) is 26.3 Å². The zero-order chi connectivity index (χ0) is 12.8. The first-order chi connectivity index (χ1) is 8.79. The van der Waals surface area contributed by atoms with Crippen LogP contribution in [0, 0.1) is 0 Å². The van der Waals surface area contributed by atoms with E-state index in [1.54, 1.807) is 0 Å². The molecule has 1 heterocycles. The van der Waals surface area contributed by atoms with Crippen LogP contribution in [0.25, 0.3) is 0 Å². The van der Waals surface area contributed by atoms with Gasteiger partial charge in [0.25, 0.3) is 5.91 Å². The minimum absolute atomic E-state index is 0.0231. The van der Waals surface area contributed by atoms with Crippen molar-refractivity contribution in [3.8, 4) is 0 Å². The van der Waals surface area contributed by atoms with E-state index in [0.717, 1.165) is 19.6 Å². The number of ether oxygens (including phenoxy) is 1. The summed E-state index contributed by atoms with van der Waals surface area (Å²) in [4.78, 5) is 11.9. The van der Waals surface area contributed by atoms with E-state index in [1.165, 1.54) is 5.56 Å². The number of carbonyl (C=O) groups is 1. The molecule has 0 aliphatic carbocycles. The van der Waals surface area contributed by atoms with E-state index in [0.29, 0.717) is 18.7 Å². The summed E-state index contributed by atoms with van der Waals surface area (Å²) >= 11 is 0. The number of rotatable bonds is 4. The highest BCUT2D eigenvalue weighted by atomic mass is 16.5. The Bertz CT molecular complexity index is 383. The van der Waals surface area contributed by atoms with Crippen LogP contribution in [0.1, 0.15) is 22.8 Å². The third-order valence-corrected chi connectivity index (χ3v) is 3.13. The van der Waals surface area contributed by atoms with Crippen LogP contribution in [-0.2, 0) is 11.2 Å². The van der Waals surface area contributed by atoms with E-state index in [2.05, 4.69) is 17.6 Å². The number of carbonyl (C=O) groups excluding carboxylic acids is 1. The Morgan fingerprint density at radius 2 is 2.22 bits per heavy atom. The minimum Gasteiger partial charge on any atom is -0.378 e. The SMILES string of the molecule is CCc1ccc(C(=O)NCC2COCCN2)cc1. The molecule has 2 N–H and O–H groups in total. The molecule has 98 valence electrons. The van der Waals surface area contributed by atoms with Gasteiger partial charge in [-0.2, -0.15) is 0 Å². The molecule has 1 saturated heterocycles. The first kappa shape index (κ1) is 13.1. The molecule has 1 aromatic carbocycles. The van der Waals surface area contributed by atoms with Crippen molar-refractivity contribution in [3.05, 3.63) is 35.4 Å². The molecule has 0 bridgehead atoms. The predicted octanol–water partition coefficient (Wildman–Crippen LogP) is 0.967. The molecular weight excluding hydrogens is 228 g/mol. The maximum Gasteiger partial charge on any atom is 0.251 e. The van der Waals surface area contributed by atoms with Gasteiger partial charge in [0.2, 0.25) is 0 Å². The van der Waals surface area contributed by atoms with E-state index in [9.17, 15) is 4.79 Å². The summed E-state index contributed by atoms with van der Waals surface area (Å²) in [6.45, 7) is 4.97. The second kappa shape index (κ2) is 6.52. The molecule has 1 amide bonds. The number of hydrogen-bond donors (Lipinski definition) is 2. The molecule has 4 nitrogen and oxygen atoms in total. The number of aryl methyl sites for hydroxylation is 1. The van der Waals surface area contributed by atoms with E-state index in [1.807, 2.05) is 24.3 Å². The van der Waals surface area contributed by atoms with Crippen molar-refractivity contribution < 1.29 is 9.53 Å². The first-order valence-corrected chi connectivity index (χ1v) is 6.48. The van der Waals surface area contributed by atoms with Crippen LogP contribution in [0.2, 0.25) is 0 Å². The molecule has 18 heavy (non-hydrogen) atoms. The second-order valence-electron chi connectivity index (χ2n) is 4.49. The predicted molar refractivity (Wildman–Crippen MR) is 70.8 cm³/mol. The van der Waals surface area contributed by atoms with Gasteiger partial charge in [0.05, 0.1) is 13.2 Å². The number of morpholine rings is 1. The van der Waals surface area contributed by atoms with Gasteiger partial charge < -0.3 is 15.4 Å². The normalized spacial score (nSPS) is 19.5. The van der Waals surface area contributed by atoms with Crippen LogP contribution in [0.4, 0.5) is 0 Å². The van der Waals surface area contributed by atoms with Crippen LogP contribution < -0.4 is 10.6 Å². The van der Waals surface area contributed by atoms with Crippen molar-refractivity contribution in [1.82, 2.24) is 10.6 Å². The molecule has 0 aromatic heterocycles. The maximum atomic E-state index is 11.9. The number of nitrogens with one attached hydrogen (secondary N) is 2. The summed E-state index contributed by atoms with van der Waals surface area (Å²) in [7, 11) is 0. The number of hydrogen-bond acceptors (Lipinski definition) is 3. The summed E-state index contributed by atoms with van der Waals surface area (Å²) in [6.07, 6.45) is 0.991. The smallest absolute Gasteiger partial charge is 0.251 e. The highest BCUT2D eigenvalue weighted by Crippen LogP contribution is 2.05. The Morgan fingerprint density at radius 1 is 1.44 bits per heavy atom. The molecule has 1 aliphatic heterocycles. The van der Waals surface area contributed by atoms with Crippen molar-refractivity contribution in [2.24, 2.45) is 0 Å². The monoisotopic (exact) mass is 248 g/mol. The molecular formula is C14H20N2O2. The Labute approximate surface area is 108 Å². The van der Waals surface area contributed by atoms with Crippen molar-refractivity contribution >= 4 is 5.91 Å². The lowest BCUT2D eigenvalue weighted by Gasteiger charge is -2.23. The van der Waals surface area contributed by atoms with E-state index >= 15 is 0 Å². The summed E-state index contributed by atoms with van der Waals surface area (Å²) in [6, 6.07) is 7.96. The molecule has 1 aliphatic rings. The molecule has 1 aromatic rings. The molecule has 0 saturated carbocycles. The number of amides is 1. The van der Waals surface area contributed by atoms with Gasteiger partial charge in [-0.15, -0.1) is 0 Å². The van der Waals surface area contributed by atoms with Gasteiger partial charge in [-0.05, 0) is 24.1 Å². The van der Waals surface area contributed by atoms with Gasteiger partial charge in [-0.1, -0.05) is 19.1 Å². The van der Waals surface area contributed by atoms with Crippen LogP contribution in [-0.4, -0.2) is 38.3 Å². The van der Waals surface area contributed by atoms with E-state index in [4.69, 9.17) is 4.74 Å². The van der Waals surface area contributed by atoms with E-state index < -0.39 is 0 Å². The molecule has 4 heteroatoms. The highest BCUT2D eigenvalue weighted by Gasteiger charge is 2.14. The van der Waals surface area contributed by atoms with Crippen molar-refractivity contribution in [2.45, 2.75) is 19.4 Å². The summed E-state index contributed by atoms with van der Waals surface area (Å²) < 4.78 is 5.34. The van der Waals surface area contributed by atoms with Gasteiger partial charge in [0.15, 0.2) is 0 Å². The largest absolute Gasteiger partial charge is 0.378 e.